The van der Waals surface area contributed by atoms with Crippen molar-refractivity contribution in [3.8, 4) is 0 Å². The van der Waals surface area contributed by atoms with Crippen molar-refractivity contribution < 1.29 is 14.8 Å². The summed E-state index contributed by atoms with van der Waals surface area (Å²) in [6, 6.07) is 13.7. The van der Waals surface area contributed by atoms with Crippen molar-refractivity contribution in [3.63, 3.8) is 0 Å². The number of aromatic nitrogens is 1. The number of hydroxylamine groups is 1. The summed E-state index contributed by atoms with van der Waals surface area (Å²) in [5.74, 6) is -0.284. The highest BCUT2D eigenvalue weighted by molar-refractivity contribution is 5.92. The molecule has 3 rings (SSSR count). The molecule has 29 heavy (non-hydrogen) atoms. The summed E-state index contributed by atoms with van der Waals surface area (Å²) >= 11 is 0. The van der Waals surface area contributed by atoms with E-state index < -0.39 is 5.91 Å². The minimum Gasteiger partial charge on any atom is -0.339 e. The molecule has 2 heterocycles. The molecule has 0 saturated carbocycles. The molecule has 6 heteroatoms. The number of benzene rings is 1. The molecule has 2 N–H and O–H groups in total. The largest absolute Gasteiger partial charge is 0.339 e. The van der Waals surface area contributed by atoms with Crippen LogP contribution in [0.5, 0.6) is 0 Å². The lowest BCUT2D eigenvalue weighted by molar-refractivity contribution is -0.127. The normalized spacial score (nSPS) is 17.0. The second-order valence-electron chi connectivity index (χ2n) is 7.11. The van der Waals surface area contributed by atoms with Crippen molar-refractivity contribution in [2.24, 2.45) is 0 Å². The average molecular weight is 391 g/mol. The predicted octanol–water partition coefficient (Wildman–Crippen LogP) is 3.33. The first-order valence-corrected chi connectivity index (χ1v) is 9.68. The standard InChI is InChI=1S/C23H25N3O3/c1-17-6-2-3-10-21(17)18-7-5-15-26(16-18)23(28)14-12-20-9-4-8-19(24-20)11-13-22(27)25-29/h2-4,6,8-14,18,29H,5,7,15-16H2,1H3,(H,25,27)/b13-11+,14-12+. The maximum atomic E-state index is 12.7. The Bertz CT molecular complexity index is 936. The SMILES string of the molecule is Cc1ccccc1C1CCCN(C(=O)/C=C/c2cccc(/C=C/C(=O)NO)n2)C1. The van der Waals surface area contributed by atoms with Crippen LogP contribution in [-0.2, 0) is 9.59 Å². The van der Waals surface area contributed by atoms with Gasteiger partial charge in [-0.1, -0.05) is 30.3 Å². The Morgan fingerprint density at radius 1 is 1.10 bits per heavy atom. The van der Waals surface area contributed by atoms with E-state index in [1.165, 1.54) is 28.8 Å². The van der Waals surface area contributed by atoms with Crippen molar-refractivity contribution in [2.45, 2.75) is 25.7 Å². The molecule has 1 saturated heterocycles. The van der Waals surface area contributed by atoms with Crippen LogP contribution in [0.3, 0.4) is 0 Å². The van der Waals surface area contributed by atoms with Crippen LogP contribution in [0.1, 0.15) is 41.3 Å². The molecule has 2 aromatic rings. The zero-order valence-corrected chi connectivity index (χ0v) is 16.4. The van der Waals surface area contributed by atoms with Crippen molar-refractivity contribution in [1.82, 2.24) is 15.4 Å². The molecule has 1 atom stereocenters. The summed E-state index contributed by atoms with van der Waals surface area (Å²) in [6.07, 6.45) is 7.99. The Kier molecular flexibility index (Phi) is 6.92. The van der Waals surface area contributed by atoms with Gasteiger partial charge in [-0.25, -0.2) is 10.5 Å². The van der Waals surface area contributed by atoms with E-state index >= 15 is 0 Å². The summed E-state index contributed by atoms with van der Waals surface area (Å²) in [5.41, 5.74) is 5.30. The number of carbonyl (C=O) groups is 2. The fourth-order valence-electron chi connectivity index (χ4n) is 3.59. The zero-order chi connectivity index (χ0) is 20.6. The number of piperidine rings is 1. The van der Waals surface area contributed by atoms with Gasteiger partial charge in [0.2, 0.25) is 5.91 Å². The van der Waals surface area contributed by atoms with Gasteiger partial charge in [0.05, 0.1) is 11.4 Å². The Morgan fingerprint density at radius 3 is 2.55 bits per heavy atom. The first-order valence-electron chi connectivity index (χ1n) is 9.68. The minimum absolute atomic E-state index is 0.0225. The molecule has 1 aromatic carbocycles. The zero-order valence-electron chi connectivity index (χ0n) is 16.4. The second-order valence-corrected chi connectivity index (χ2v) is 7.11. The molecular formula is C23H25N3O3. The van der Waals surface area contributed by atoms with Crippen LogP contribution in [0.25, 0.3) is 12.2 Å². The van der Waals surface area contributed by atoms with Gasteiger partial charge in [0.25, 0.3) is 5.91 Å². The summed E-state index contributed by atoms with van der Waals surface area (Å²) in [4.78, 5) is 30.0. The van der Waals surface area contributed by atoms with Crippen LogP contribution in [0.15, 0.2) is 54.6 Å². The van der Waals surface area contributed by atoms with E-state index in [1.54, 1.807) is 30.4 Å². The van der Waals surface area contributed by atoms with Gasteiger partial charge in [-0.3, -0.25) is 14.8 Å². The van der Waals surface area contributed by atoms with Gasteiger partial charge in [0.1, 0.15) is 0 Å². The first kappa shape index (κ1) is 20.5. The third-order valence-corrected chi connectivity index (χ3v) is 5.07. The van der Waals surface area contributed by atoms with Gasteiger partial charge in [-0.2, -0.15) is 0 Å². The van der Waals surface area contributed by atoms with E-state index in [1.807, 2.05) is 11.0 Å². The maximum Gasteiger partial charge on any atom is 0.267 e. The van der Waals surface area contributed by atoms with E-state index in [0.29, 0.717) is 17.3 Å². The number of likely N-dealkylation sites (tertiary alicyclic amines) is 1. The molecule has 0 radical (unpaired) electrons. The van der Waals surface area contributed by atoms with Gasteiger partial charge >= 0.3 is 0 Å². The molecule has 1 aromatic heterocycles. The lowest BCUT2D eigenvalue weighted by atomic mass is 9.88. The van der Waals surface area contributed by atoms with Gasteiger partial charge in [0, 0.05) is 31.2 Å². The van der Waals surface area contributed by atoms with Gasteiger partial charge < -0.3 is 4.90 Å². The number of hydrogen-bond acceptors (Lipinski definition) is 4. The maximum absolute atomic E-state index is 12.7. The smallest absolute Gasteiger partial charge is 0.267 e. The number of aryl methyl sites for hydroxylation is 1. The first-order chi connectivity index (χ1) is 14.1. The number of pyridine rings is 1. The number of amides is 2. The summed E-state index contributed by atoms with van der Waals surface area (Å²) in [7, 11) is 0. The minimum atomic E-state index is -0.628. The summed E-state index contributed by atoms with van der Waals surface area (Å²) in [5, 5.41) is 8.52. The molecule has 0 aliphatic carbocycles. The number of hydrogen-bond donors (Lipinski definition) is 2. The molecule has 1 aliphatic rings. The second kappa shape index (κ2) is 9.80. The van der Waals surface area contributed by atoms with Crippen LogP contribution in [0, 0.1) is 6.92 Å². The number of nitrogens with one attached hydrogen (secondary N) is 1. The van der Waals surface area contributed by atoms with Crippen LogP contribution in [0.4, 0.5) is 0 Å². The van der Waals surface area contributed by atoms with Crippen LogP contribution in [-0.4, -0.2) is 40.0 Å². The molecule has 2 amide bonds. The van der Waals surface area contributed by atoms with Crippen molar-refractivity contribution in [2.75, 3.05) is 13.1 Å². The molecular weight excluding hydrogens is 366 g/mol. The molecule has 6 nitrogen and oxygen atoms in total. The molecule has 1 fully saturated rings. The van der Waals surface area contributed by atoms with Crippen molar-refractivity contribution in [3.05, 3.63) is 77.1 Å². The van der Waals surface area contributed by atoms with E-state index in [4.69, 9.17) is 5.21 Å². The Morgan fingerprint density at radius 2 is 1.83 bits per heavy atom. The van der Waals surface area contributed by atoms with Crippen molar-refractivity contribution >= 4 is 24.0 Å². The molecule has 150 valence electrons. The molecule has 1 aliphatic heterocycles. The number of nitrogens with zero attached hydrogens (tertiary/aromatic N) is 2. The third-order valence-electron chi connectivity index (χ3n) is 5.07. The quantitative estimate of drug-likeness (QED) is 0.465. The van der Waals surface area contributed by atoms with Gasteiger partial charge in [-0.15, -0.1) is 0 Å². The van der Waals surface area contributed by atoms with Crippen LogP contribution >= 0.6 is 0 Å². The fraction of sp³-hybridized carbons (Fsp3) is 0.261. The topological polar surface area (TPSA) is 82.5 Å². The molecule has 0 bridgehead atoms. The van der Waals surface area contributed by atoms with Gasteiger partial charge in [0.15, 0.2) is 0 Å². The lowest BCUT2D eigenvalue weighted by Gasteiger charge is -2.33. The highest BCUT2D eigenvalue weighted by atomic mass is 16.5. The van der Waals surface area contributed by atoms with E-state index in [0.717, 1.165) is 25.9 Å². The van der Waals surface area contributed by atoms with Crippen molar-refractivity contribution in [1.29, 1.82) is 0 Å². The highest BCUT2D eigenvalue weighted by Gasteiger charge is 2.24. The average Bonchev–Trinajstić information content (AvgIpc) is 2.76. The van der Waals surface area contributed by atoms with E-state index in [2.05, 4.69) is 30.1 Å². The predicted molar refractivity (Wildman–Crippen MR) is 112 cm³/mol. The van der Waals surface area contributed by atoms with Gasteiger partial charge in [-0.05, 0) is 55.2 Å². The summed E-state index contributed by atoms with van der Waals surface area (Å²) < 4.78 is 0. The van der Waals surface area contributed by atoms with E-state index in [9.17, 15) is 9.59 Å². The lowest BCUT2D eigenvalue weighted by Crippen LogP contribution is -2.38. The fourth-order valence-corrected chi connectivity index (χ4v) is 3.59. The molecule has 0 spiro atoms. The van der Waals surface area contributed by atoms with Crippen LogP contribution < -0.4 is 5.48 Å². The van der Waals surface area contributed by atoms with E-state index in [-0.39, 0.29) is 5.91 Å². The Hall–Kier alpha value is -3.25. The number of carbonyl (C=O) groups excluding carboxylic acids is 2. The number of rotatable bonds is 5. The summed E-state index contributed by atoms with van der Waals surface area (Å²) in [6.45, 7) is 3.60. The Balaban J connectivity index is 1.65. The Labute approximate surface area is 170 Å². The van der Waals surface area contributed by atoms with Crippen LogP contribution in [0.2, 0.25) is 0 Å². The monoisotopic (exact) mass is 391 g/mol. The highest BCUT2D eigenvalue weighted by Crippen LogP contribution is 2.29. The molecule has 1 unspecified atom stereocenters. The third kappa shape index (κ3) is 5.62.